The van der Waals surface area contributed by atoms with Crippen LogP contribution in [0.3, 0.4) is 0 Å². The fraction of sp³-hybridized carbons (Fsp3) is 0.200. The molecule has 2 aromatic rings. The molecule has 1 N–H and O–H groups in total. The van der Waals surface area contributed by atoms with Gasteiger partial charge in [0.15, 0.2) is 0 Å². The van der Waals surface area contributed by atoms with Crippen LogP contribution >= 0.6 is 11.6 Å². The van der Waals surface area contributed by atoms with Crippen molar-refractivity contribution in [2.45, 2.75) is 13.0 Å². The lowest BCUT2D eigenvalue weighted by molar-refractivity contribution is 0.540. The van der Waals surface area contributed by atoms with E-state index >= 15 is 0 Å². The summed E-state index contributed by atoms with van der Waals surface area (Å²) in [6.07, 6.45) is 0. The van der Waals surface area contributed by atoms with Gasteiger partial charge in [-0.25, -0.2) is 13.2 Å². The average Bonchev–Trinajstić information content (AvgIpc) is 2.37. The van der Waals surface area contributed by atoms with Crippen LogP contribution in [0.4, 0.5) is 13.2 Å². The first-order valence-electron chi connectivity index (χ1n) is 6.16. The van der Waals surface area contributed by atoms with Gasteiger partial charge in [0.05, 0.1) is 6.04 Å². The lowest BCUT2D eigenvalue weighted by atomic mass is 9.98. The Morgan fingerprint density at radius 2 is 1.60 bits per heavy atom. The summed E-state index contributed by atoms with van der Waals surface area (Å²) in [5.74, 6) is -1.78. The molecule has 0 aliphatic carbocycles. The standard InChI is InChI=1S/C15H13ClF3N/c1-2-20-15(11-5-3-9(17)7-13(11)16)12-6-4-10(18)8-14(12)19/h3-8,15,20H,2H2,1H3. The minimum absolute atomic E-state index is 0.194. The van der Waals surface area contributed by atoms with Crippen molar-refractivity contribution in [1.82, 2.24) is 5.32 Å². The van der Waals surface area contributed by atoms with Crippen LogP contribution in [0, 0.1) is 17.5 Å². The minimum atomic E-state index is -0.670. The van der Waals surface area contributed by atoms with E-state index in [0.717, 1.165) is 6.07 Å². The molecular weight excluding hydrogens is 287 g/mol. The van der Waals surface area contributed by atoms with Gasteiger partial charge in [0.25, 0.3) is 0 Å². The largest absolute Gasteiger partial charge is 0.306 e. The predicted molar refractivity (Wildman–Crippen MR) is 73.3 cm³/mol. The number of hydrogen-bond donors (Lipinski definition) is 1. The Bertz CT molecular complexity index is 565. The van der Waals surface area contributed by atoms with E-state index < -0.39 is 23.5 Å². The molecule has 0 bridgehead atoms. The average molecular weight is 300 g/mol. The van der Waals surface area contributed by atoms with Crippen molar-refractivity contribution in [2.75, 3.05) is 6.54 Å². The molecule has 2 rings (SSSR count). The van der Waals surface area contributed by atoms with E-state index in [-0.39, 0.29) is 10.6 Å². The van der Waals surface area contributed by atoms with E-state index in [0.29, 0.717) is 12.1 Å². The second-order valence-electron chi connectivity index (χ2n) is 4.32. The van der Waals surface area contributed by atoms with Gasteiger partial charge in [0, 0.05) is 16.7 Å². The van der Waals surface area contributed by atoms with Gasteiger partial charge in [-0.3, -0.25) is 0 Å². The Labute approximate surface area is 120 Å². The van der Waals surface area contributed by atoms with Crippen molar-refractivity contribution >= 4 is 11.6 Å². The molecule has 0 amide bonds. The molecule has 1 unspecified atom stereocenters. The van der Waals surface area contributed by atoms with Crippen LogP contribution in [0.2, 0.25) is 5.02 Å². The molecule has 0 saturated carbocycles. The molecule has 0 aliphatic rings. The summed E-state index contributed by atoms with van der Waals surface area (Å²) in [5.41, 5.74) is 0.808. The summed E-state index contributed by atoms with van der Waals surface area (Å²) in [6.45, 7) is 2.40. The second-order valence-corrected chi connectivity index (χ2v) is 4.73. The molecule has 1 nitrogen and oxygen atoms in total. The topological polar surface area (TPSA) is 12.0 Å². The maximum Gasteiger partial charge on any atom is 0.131 e. The third kappa shape index (κ3) is 3.14. The zero-order valence-electron chi connectivity index (χ0n) is 10.8. The van der Waals surface area contributed by atoms with Crippen LogP contribution in [0.1, 0.15) is 24.1 Å². The highest BCUT2D eigenvalue weighted by Gasteiger charge is 2.20. The van der Waals surface area contributed by atoms with E-state index in [2.05, 4.69) is 5.32 Å². The number of hydrogen-bond acceptors (Lipinski definition) is 1. The van der Waals surface area contributed by atoms with Crippen LogP contribution in [-0.4, -0.2) is 6.54 Å². The molecule has 0 spiro atoms. The molecule has 0 heterocycles. The SMILES string of the molecule is CCNC(c1ccc(F)cc1F)c1ccc(F)cc1Cl. The van der Waals surface area contributed by atoms with Crippen LogP contribution in [0.15, 0.2) is 36.4 Å². The molecular formula is C15H13ClF3N. The summed E-state index contributed by atoms with van der Waals surface area (Å²) in [5, 5.41) is 3.26. The fourth-order valence-corrected chi connectivity index (χ4v) is 2.34. The van der Waals surface area contributed by atoms with Crippen LogP contribution in [-0.2, 0) is 0 Å². The van der Waals surface area contributed by atoms with E-state index in [9.17, 15) is 13.2 Å². The van der Waals surface area contributed by atoms with Gasteiger partial charge >= 0.3 is 0 Å². The van der Waals surface area contributed by atoms with Crippen molar-refractivity contribution in [3.05, 3.63) is 70.0 Å². The van der Waals surface area contributed by atoms with Crippen molar-refractivity contribution in [3.63, 3.8) is 0 Å². The monoisotopic (exact) mass is 299 g/mol. The normalized spacial score (nSPS) is 12.4. The zero-order valence-corrected chi connectivity index (χ0v) is 11.5. The lowest BCUT2D eigenvalue weighted by Crippen LogP contribution is -2.23. The summed E-state index contributed by atoms with van der Waals surface area (Å²) < 4.78 is 40.0. The van der Waals surface area contributed by atoms with Crippen molar-refractivity contribution in [1.29, 1.82) is 0 Å². The number of nitrogens with one attached hydrogen (secondary N) is 1. The highest BCUT2D eigenvalue weighted by atomic mass is 35.5. The molecule has 20 heavy (non-hydrogen) atoms. The molecule has 0 fully saturated rings. The molecule has 0 aliphatic heterocycles. The summed E-state index contributed by atoms with van der Waals surface area (Å²) in [6, 6.07) is 6.71. The number of halogens is 4. The van der Waals surface area contributed by atoms with Gasteiger partial charge in [0.2, 0.25) is 0 Å². The van der Waals surface area contributed by atoms with Crippen LogP contribution < -0.4 is 5.32 Å². The Hall–Kier alpha value is -1.52. The molecule has 0 radical (unpaired) electrons. The molecule has 2 aromatic carbocycles. The number of rotatable bonds is 4. The summed E-state index contributed by atoms with van der Waals surface area (Å²) >= 11 is 6.02. The van der Waals surface area contributed by atoms with Gasteiger partial charge in [-0.15, -0.1) is 0 Å². The maximum absolute atomic E-state index is 13.9. The predicted octanol–water partition coefficient (Wildman–Crippen LogP) is 4.46. The van der Waals surface area contributed by atoms with Gasteiger partial charge in [0.1, 0.15) is 17.5 Å². The first-order valence-corrected chi connectivity index (χ1v) is 6.54. The molecule has 5 heteroatoms. The van der Waals surface area contributed by atoms with Gasteiger partial charge in [-0.05, 0) is 30.3 Å². The van der Waals surface area contributed by atoms with Crippen molar-refractivity contribution < 1.29 is 13.2 Å². The maximum atomic E-state index is 13.9. The Kier molecular flexibility index (Phi) is 4.68. The van der Waals surface area contributed by atoms with Crippen LogP contribution in [0.5, 0.6) is 0 Å². The molecule has 106 valence electrons. The third-order valence-corrected chi connectivity index (χ3v) is 3.28. The van der Waals surface area contributed by atoms with E-state index in [1.807, 2.05) is 6.92 Å². The molecule has 1 atom stereocenters. The first kappa shape index (κ1) is 14.9. The minimum Gasteiger partial charge on any atom is -0.306 e. The third-order valence-electron chi connectivity index (χ3n) is 2.96. The van der Waals surface area contributed by atoms with Crippen molar-refractivity contribution in [2.24, 2.45) is 0 Å². The Morgan fingerprint density at radius 1 is 1.00 bits per heavy atom. The van der Waals surface area contributed by atoms with Gasteiger partial charge < -0.3 is 5.32 Å². The Balaban J connectivity index is 2.50. The van der Waals surface area contributed by atoms with E-state index in [1.54, 1.807) is 0 Å². The number of benzene rings is 2. The first-order chi connectivity index (χ1) is 9.52. The zero-order chi connectivity index (χ0) is 14.7. The second kappa shape index (κ2) is 6.29. The highest BCUT2D eigenvalue weighted by Crippen LogP contribution is 2.30. The summed E-state index contributed by atoms with van der Waals surface area (Å²) in [4.78, 5) is 0. The van der Waals surface area contributed by atoms with E-state index in [4.69, 9.17) is 11.6 Å². The smallest absolute Gasteiger partial charge is 0.131 e. The molecule has 0 aromatic heterocycles. The van der Waals surface area contributed by atoms with Crippen molar-refractivity contribution in [3.8, 4) is 0 Å². The molecule has 0 saturated heterocycles. The van der Waals surface area contributed by atoms with Gasteiger partial charge in [-0.2, -0.15) is 0 Å². The highest BCUT2D eigenvalue weighted by molar-refractivity contribution is 6.31. The fourth-order valence-electron chi connectivity index (χ4n) is 2.06. The quantitative estimate of drug-likeness (QED) is 0.879. The van der Waals surface area contributed by atoms with Gasteiger partial charge in [-0.1, -0.05) is 30.7 Å². The van der Waals surface area contributed by atoms with Crippen LogP contribution in [0.25, 0.3) is 0 Å². The lowest BCUT2D eigenvalue weighted by Gasteiger charge is -2.20. The van der Waals surface area contributed by atoms with E-state index in [1.165, 1.54) is 30.3 Å². The summed E-state index contributed by atoms with van der Waals surface area (Å²) in [7, 11) is 0. The Morgan fingerprint density at radius 3 is 2.15 bits per heavy atom.